The third kappa shape index (κ3) is 3.27. The molecule has 2 aromatic rings. The van der Waals surface area contributed by atoms with Crippen molar-refractivity contribution < 1.29 is 8.42 Å². The molecule has 8 nitrogen and oxygen atoms in total. The quantitative estimate of drug-likeness (QED) is 0.881. The van der Waals surface area contributed by atoms with Crippen LogP contribution in [0, 0.1) is 5.92 Å². The normalized spacial score (nSPS) is 12.5. The molecule has 0 aliphatic carbocycles. The summed E-state index contributed by atoms with van der Waals surface area (Å²) in [6.07, 6.45) is 0. The first-order chi connectivity index (χ1) is 9.71. The van der Waals surface area contributed by atoms with Gasteiger partial charge in [0.05, 0.1) is 5.69 Å². The SMILES string of the molecule is CC(C)Cn1c(-c2snnc2C(C)C)nnc1S(N)(=O)=O. The number of hydrogen-bond donors (Lipinski definition) is 1. The molecule has 10 heteroatoms. The van der Waals surface area contributed by atoms with E-state index in [0.717, 1.165) is 10.6 Å². The minimum atomic E-state index is -3.93. The fraction of sp³-hybridized carbons (Fsp3) is 0.636. The molecule has 2 aromatic heterocycles. The molecule has 0 aromatic carbocycles. The Balaban J connectivity index is 2.64. The van der Waals surface area contributed by atoms with Crippen LogP contribution in [-0.4, -0.2) is 32.8 Å². The summed E-state index contributed by atoms with van der Waals surface area (Å²) in [5, 5.41) is 16.8. The number of nitrogens with two attached hydrogens (primary N) is 1. The molecule has 2 rings (SSSR count). The molecule has 0 radical (unpaired) electrons. The Morgan fingerprint density at radius 3 is 2.38 bits per heavy atom. The van der Waals surface area contributed by atoms with Crippen LogP contribution in [0.5, 0.6) is 0 Å². The largest absolute Gasteiger partial charge is 0.296 e. The van der Waals surface area contributed by atoms with Crippen molar-refractivity contribution in [2.75, 3.05) is 0 Å². The first kappa shape index (κ1) is 16.0. The minimum Gasteiger partial charge on any atom is -0.296 e. The Morgan fingerprint density at radius 2 is 1.86 bits per heavy atom. The predicted molar refractivity (Wildman–Crippen MR) is 79.2 cm³/mol. The molecule has 116 valence electrons. The summed E-state index contributed by atoms with van der Waals surface area (Å²) in [5.41, 5.74) is 0.776. The lowest BCUT2D eigenvalue weighted by molar-refractivity contribution is 0.486. The monoisotopic (exact) mass is 330 g/mol. The van der Waals surface area contributed by atoms with Gasteiger partial charge in [0.2, 0.25) is 0 Å². The van der Waals surface area contributed by atoms with E-state index in [4.69, 9.17) is 5.14 Å². The van der Waals surface area contributed by atoms with Gasteiger partial charge in [-0.1, -0.05) is 32.2 Å². The Morgan fingerprint density at radius 1 is 1.19 bits per heavy atom. The summed E-state index contributed by atoms with van der Waals surface area (Å²) in [6, 6.07) is 0. The molecule has 0 atom stereocenters. The third-order valence-corrected chi connectivity index (χ3v) is 4.33. The van der Waals surface area contributed by atoms with Crippen molar-refractivity contribution in [3.63, 3.8) is 0 Å². The van der Waals surface area contributed by atoms with Crippen LogP contribution in [0.2, 0.25) is 0 Å². The summed E-state index contributed by atoms with van der Waals surface area (Å²) in [7, 11) is -3.93. The van der Waals surface area contributed by atoms with Crippen molar-refractivity contribution in [1.29, 1.82) is 0 Å². The summed E-state index contributed by atoms with van der Waals surface area (Å²) < 4.78 is 28.8. The van der Waals surface area contributed by atoms with E-state index in [-0.39, 0.29) is 17.0 Å². The number of primary sulfonamides is 1. The van der Waals surface area contributed by atoms with Crippen LogP contribution in [0.25, 0.3) is 10.7 Å². The molecule has 0 aliphatic heterocycles. The van der Waals surface area contributed by atoms with Gasteiger partial charge in [-0.2, -0.15) is 0 Å². The zero-order chi connectivity index (χ0) is 15.8. The molecule has 0 saturated carbocycles. The molecule has 0 saturated heterocycles. The summed E-state index contributed by atoms with van der Waals surface area (Å²) in [6.45, 7) is 8.38. The van der Waals surface area contributed by atoms with Gasteiger partial charge in [0.1, 0.15) is 4.88 Å². The van der Waals surface area contributed by atoms with Gasteiger partial charge < -0.3 is 0 Å². The van der Waals surface area contributed by atoms with Crippen molar-refractivity contribution in [3.05, 3.63) is 5.69 Å². The maximum Gasteiger partial charge on any atom is 0.273 e. The van der Waals surface area contributed by atoms with Gasteiger partial charge in [-0.15, -0.1) is 15.3 Å². The van der Waals surface area contributed by atoms with Crippen molar-refractivity contribution in [3.8, 4) is 10.7 Å². The van der Waals surface area contributed by atoms with Crippen LogP contribution in [-0.2, 0) is 16.6 Å². The van der Waals surface area contributed by atoms with Gasteiger partial charge >= 0.3 is 0 Å². The maximum absolute atomic E-state index is 11.7. The highest BCUT2D eigenvalue weighted by atomic mass is 32.2. The molecule has 0 amide bonds. The van der Waals surface area contributed by atoms with E-state index in [0.29, 0.717) is 12.4 Å². The van der Waals surface area contributed by atoms with E-state index in [1.54, 1.807) is 0 Å². The first-order valence-corrected chi connectivity index (χ1v) is 8.82. The predicted octanol–water partition coefficient (Wildman–Crippen LogP) is 1.22. The van der Waals surface area contributed by atoms with Crippen LogP contribution in [0.3, 0.4) is 0 Å². The van der Waals surface area contributed by atoms with Gasteiger partial charge in [0, 0.05) is 6.54 Å². The average molecular weight is 330 g/mol. The molecular formula is C11H18N6O2S2. The Hall–Kier alpha value is -1.39. The third-order valence-electron chi connectivity index (χ3n) is 2.78. The molecule has 2 heterocycles. The molecule has 0 aliphatic rings. The highest BCUT2D eigenvalue weighted by molar-refractivity contribution is 7.89. The Kier molecular flexibility index (Phi) is 4.40. The van der Waals surface area contributed by atoms with Crippen LogP contribution in [0.1, 0.15) is 39.3 Å². The number of hydrogen-bond acceptors (Lipinski definition) is 7. The van der Waals surface area contributed by atoms with E-state index >= 15 is 0 Å². The van der Waals surface area contributed by atoms with Gasteiger partial charge in [-0.25, -0.2) is 13.6 Å². The van der Waals surface area contributed by atoms with Gasteiger partial charge in [-0.3, -0.25) is 4.57 Å². The van der Waals surface area contributed by atoms with Crippen LogP contribution in [0.4, 0.5) is 0 Å². The van der Waals surface area contributed by atoms with Gasteiger partial charge in [0.15, 0.2) is 5.82 Å². The topological polar surface area (TPSA) is 117 Å². The van der Waals surface area contributed by atoms with Crippen molar-refractivity contribution in [1.82, 2.24) is 24.4 Å². The lowest BCUT2D eigenvalue weighted by atomic mass is 10.1. The fourth-order valence-electron chi connectivity index (χ4n) is 1.93. The standard InChI is InChI=1S/C11H18N6O2S2/c1-6(2)5-17-10(14-15-11(17)21(12,18)19)9-8(7(3)4)13-16-20-9/h6-7H,5H2,1-4H3,(H2,12,18,19). The molecule has 0 fully saturated rings. The first-order valence-electron chi connectivity index (χ1n) is 6.50. The molecule has 0 unspecified atom stereocenters. The molecule has 2 N–H and O–H groups in total. The van der Waals surface area contributed by atoms with Crippen molar-refractivity contribution in [2.24, 2.45) is 11.1 Å². The van der Waals surface area contributed by atoms with E-state index in [9.17, 15) is 8.42 Å². The second kappa shape index (κ2) is 5.78. The molecular weight excluding hydrogens is 312 g/mol. The molecule has 0 spiro atoms. The molecule has 0 bridgehead atoms. The lowest BCUT2D eigenvalue weighted by Gasteiger charge is -2.11. The van der Waals surface area contributed by atoms with Gasteiger partial charge in [-0.05, 0) is 23.4 Å². The number of nitrogens with zero attached hydrogens (tertiary/aromatic N) is 5. The van der Waals surface area contributed by atoms with Crippen molar-refractivity contribution >= 4 is 21.6 Å². The lowest BCUT2D eigenvalue weighted by Crippen LogP contribution is -2.20. The molecule has 21 heavy (non-hydrogen) atoms. The summed E-state index contributed by atoms with van der Waals surface area (Å²) >= 11 is 1.18. The summed E-state index contributed by atoms with van der Waals surface area (Å²) in [5.74, 6) is 0.816. The van der Waals surface area contributed by atoms with Crippen LogP contribution in [0.15, 0.2) is 5.16 Å². The van der Waals surface area contributed by atoms with E-state index < -0.39 is 10.0 Å². The fourth-order valence-corrected chi connectivity index (χ4v) is 3.36. The Labute approximate surface area is 127 Å². The van der Waals surface area contributed by atoms with E-state index in [1.807, 2.05) is 27.7 Å². The zero-order valence-corrected chi connectivity index (χ0v) is 13.9. The zero-order valence-electron chi connectivity index (χ0n) is 12.3. The smallest absolute Gasteiger partial charge is 0.273 e. The second-order valence-corrected chi connectivity index (χ2v) is 7.71. The number of aromatic nitrogens is 5. The highest BCUT2D eigenvalue weighted by Crippen LogP contribution is 2.30. The van der Waals surface area contributed by atoms with Crippen LogP contribution < -0.4 is 5.14 Å². The van der Waals surface area contributed by atoms with Gasteiger partial charge in [0.25, 0.3) is 15.2 Å². The summed E-state index contributed by atoms with van der Waals surface area (Å²) in [4.78, 5) is 0.730. The Bertz CT molecular complexity index is 732. The van der Waals surface area contributed by atoms with Crippen LogP contribution >= 0.6 is 11.5 Å². The number of rotatable bonds is 5. The maximum atomic E-state index is 11.7. The second-order valence-electron chi connectivity index (χ2n) is 5.50. The van der Waals surface area contributed by atoms with E-state index in [1.165, 1.54) is 16.1 Å². The van der Waals surface area contributed by atoms with E-state index in [2.05, 4.69) is 19.8 Å². The van der Waals surface area contributed by atoms with Crippen molar-refractivity contribution in [2.45, 2.75) is 45.3 Å². The minimum absolute atomic E-state index is 0.154. The average Bonchev–Trinajstić information content (AvgIpc) is 2.91. The number of sulfonamides is 1. The highest BCUT2D eigenvalue weighted by Gasteiger charge is 2.26.